The zero-order chi connectivity index (χ0) is 11.5. The topological polar surface area (TPSA) is 41.6 Å². The lowest BCUT2D eigenvalue weighted by Crippen LogP contribution is -2.50. The summed E-state index contributed by atoms with van der Waals surface area (Å²) in [4.78, 5) is 13.4. The molecular formula is C11H22N2O2. The number of nitrogens with zero attached hydrogens (tertiary/aromatic N) is 1. The van der Waals surface area contributed by atoms with Crippen LogP contribution in [0.1, 0.15) is 40.0 Å². The molecule has 1 atom stereocenters. The molecular weight excluding hydrogens is 192 g/mol. The van der Waals surface area contributed by atoms with Crippen molar-refractivity contribution in [3.05, 3.63) is 0 Å². The van der Waals surface area contributed by atoms with E-state index in [0.29, 0.717) is 0 Å². The van der Waals surface area contributed by atoms with Gasteiger partial charge in [-0.1, -0.05) is 0 Å². The number of nitrogens with one attached hydrogen (secondary N) is 1. The fraction of sp³-hybridized carbons (Fsp3) is 0.909. The number of hydrogen-bond acceptors (Lipinski definition) is 3. The average molecular weight is 214 g/mol. The van der Waals surface area contributed by atoms with E-state index in [2.05, 4.69) is 5.32 Å². The van der Waals surface area contributed by atoms with Gasteiger partial charge in [-0.25, -0.2) is 4.79 Å². The van der Waals surface area contributed by atoms with Crippen molar-refractivity contribution in [2.75, 3.05) is 13.6 Å². The summed E-state index contributed by atoms with van der Waals surface area (Å²) in [5.74, 6) is 0. The van der Waals surface area contributed by atoms with E-state index in [1.165, 1.54) is 12.8 Å². The Labute approximate surface area is 92.0 Å². The second-order valence-electron chi connectivity index (χ2n) is 5.06. The number of carbonyl (C=O) groups excluding carboxylic acids is 1. The van der Waals surface area contributed by atoms with Crippen LogP contribution >= 0.6 is 0 Å². The van der Waals surface area contributed by atoms with Gasteiger partial charge in [0, 0.05) is 7.05 Å². The molecule has 4 nitrogen and oxygen atoms in total. The molecule has 1 heterocycles. The van der Waals surface area contributed by atoms with Crippen LogP contribution in [0.5, 0.6) is 0 Å². The molecule has 4 heteroatoms. The molecule has 0 radical (unpaired) electrons. The van der Waals surface area contributed by atoms with Gasteiger partial charge in [-0.2, -0.15) is 0 Å². The molecule has 0 bridgehead atoms. The first-order valence-corrected chi connectivity index (χ1v) is 5.59. The molecule has 0 aromatic rings. The number of piperidine rings is 1. The Morgan fingerprint density at radius 3 is 2.53 bits per heavy atom. The lowest BCUT2D eigenvalue weighted by Gasteiger charge is -2.33. The van der Waals surface area contributed by atoms with Crippen molar-refractivity contribution in [2.45, 2.75) is 51.8 Å². The van der Waals surface area contributed by atoms with E-state index in [4.69, 9.17) is 4.74 Å². The van der Waals surface area contributed by atoms with Crippen LogP contribution in [0.15, 0.2) is 0 Å². The lowest BCUT2D eigenvalue weighted by molar-refractivity contribution is 0.0163. The molecule has 1 N–H and O–H groups in total. The van der Waals surface area contributed by atoms with E-state index in [1.807, 2.05) is 20.8 Å². The third-order valence-electron chi connectivity index (χ3n) is 2.43. The van der Waals surface area contributed by atoms with Crippen molar-refractivity contribution in [2.24, 2.45) is 0 Å². The maximum absolute atomic E-state index is 11.7. The van der Waals surface area contributed by atoms with Gasteiger partial charge in [0.25, 0.3) is 0 Å². The van der Waals surface area contributed by atoms with Crippen molar-refractivity contribution in [1.82, 2.24) is 10.2 Å². The summed E-state index contributed by atoms with van der Waals surface area (Å²) in [6, 6.07) is 0. The Morgan fingerprint density at radius 2 is 2.07 bits per heavy atom. The van der Waals surface area contributed by atoms with Crippen molar-refractivity contribution >= 4 is 6.09 Å². The fourth-order valence-corrected chi connectivity index (χ4v) is 1.63. The van der Waals surface area contributed by atoms with Gasteiger partial charge < -0.3 is 4.74 Å². The standard InChI is InChI=1S/C11H22N2O2/c1-11(2,3)15-10(14)13(4)9-7-5-6-8-12-9/h9,12H,5-8H2,1-4H3/t9-/m0/s1. The highest BCUT2D eigenvalue weighted by molar-refractivity contribution is 5.68. The summed E-state index contributed by atoms with van der Waals surface area (Å²) in [6.45, 7) is 6.63. The third-order valence-corrected chi connectivity index (χ3v) is 2.43. The Bertz CT molecular complexity index is 217. The van der Waals surface area contributed by atoms with Gasteiger partial charge in [0.15, 0.2) is 0 Å². The van der Waals surface area contributed by atoms with Gasteiger partial charge >= 0.3 is 6.09 Å². The van der Waals surface area contributed by atoms with E-state index >= 15 is 0 Å². The number of hydrogen-bond donors (Lipinski definition) is 1. The number of ether oxygens (including phenoxy) is 1. The maximum atomic E-state index is 11.7. The van der Waals surface area contributed by atoms with Crippen LogP contribution in [0.3, 0.4) is 0 Å². The second kappa shape index (κ2) is 4.84. The molecule has 0 aromatic heterocycles. The van der Waals surface area contributed by atoms with Crippen molar-refractivity contribution in [1.29, 1.82) is 0 Å². The van der Waals surface area contributed by atoms with Gasteiger partial charge in [0.1, 0.15) is 5.60 Å². The first-order chi connectivity index (χ1) is 6.90. The highest BCUT2D eigenvalue weighted by Crippen LogP contribution is 2.14. The van der Waals surface area contributed by atoms with Crippen LogP contribution in [0, 0.1) is 0 Å². The summed E-state index contributed by atoms with van der Waals surface area (Å²) >= 11 is 0. The molecule has 1 rings (SSSR count). The minimum atomic E-state index is -0.417. The third kappa shape index (κ3) is 4.08. The molecule has 0 aromatic carbocycles. The zero-order valence-corrected chi connectivity index (χ0v) is 10.2. The Morgan fingerprint density at radius 1 is 1.40 bits per heavy atom. The van der Waals surface area contributed by atoms with E-state index in [-0.39, 0.29) is 12.3 Å². The molecule has 1 aliphatic rings. The van der Waals surface area contributed by atoms with Gasteiger partial charge in [0.05, 0.1) is 6.17 Å². The SMILES string of the molecule is CN(C(=O)OC(C)(C)C)[C@H]1CCCCN1. The average Bonchev–Trinajstić information content (AvgIpc) is 2.15. The maximum Gasteiger partial charge on any atom is 0.411 e. The summed E-state index contributed by atoms with van der Waals surface area (Å²) in [5.41, 5.74) is -0.417. The van der Waals surface area contributed by atoms with E-state index in [9.17, 15) is 4.79 Å². The second-order valence-corrected chi connectivity index (χ2v) is 5.06. The monoisotopic (exact) mass is 214 g/mol. The van der Waals surface area contributed by atoms with E-state index in [0.717, 1.165) is 13.0 Å². The Kier molecular flexibility index (Phi) is 3.97. The largest absolute Gasteiger partial charge is 0.444 e. The van der Waals surface area contributed by atoms with Gasteiger partial charge in [-0.3, -0.25) is 10.2 Å². The zero-order valence-electron chi connectivity index (χ0n) is 10.2. The molecule has 1 saturated heterocycles. The minimum absolute atomic E-state index is 0.133. The number of carbonyl (C=O) groups is 1. The first kappa shape index (κ1) is 12.3. The summed E-state index contributed by atoms with van der Waals surface area (Å²) in [5, 5.41) is 3.31. The molecule has 0 spiro atoms. The van der Waals surface area contributed by atoms with Crippen LogP contribution < -0.4 is 5.32 Å². The minimum Gasteiger partial charge on any atom is -0.444 e. The molecule has 1 amide bonds. The molecule has 15 heavy (non-hydrogen) atoms. The van der Waals surface area contributed by atoms with Gasteiger partial charge in [0.2, 0.25) is 0 Å². The molecule has 1 aliphatic heterocycles. The first-order valence-electron chi connectivity index (χ1n) is 5.59. The van der Waals surface area contributed by atoms with Crippen molar-refractivity contribution in [3.8, 4) is 0 Å². The normalized spacial score (nSPS) is 22.3. The van der Waals surface area contributed by atoms with Crippen LogP contribution in [0.25, 0.3) is 0 Å². The Balaban J connectivity index is 2.44. The summed E-state index contributed by atoms with van der Waals surface area (Å²) in [7, 11) is 1.79. The van der Waals surface area contributed by atoms with Gasteiger partial charge in [-0.05, 0) is 46.6 Å². The molecule has 0 saturated carbocycles. The predicted octanol–water partition coefficient (Wildman–Crippen LogP) is 1.95. The smallest absolute Gasteiger partial charge is 0.411 e. The van der Waals surface area contributed by atoms with Crippen LogP contribution in [-0.4, -0.2) is 36.4 Å². The highest BCUT2D eigenvalue weighted by Gasteiger charge is 2.25. The predicted molar refractivity (Wildman–Crippen MR) is 59.6 cm³/mol. The van der Waals surface area contributed by atoms with Gasteiger partial charge in [-0.15, -0.1) is 0 Å². The highest BCUT2D eigenvalue weighted by atomic mass is 16.6. The number of amides is 1. The van der Waals surface area contributed by atoms with Crippen LogP contribution in [0.2, 0.25) is 0 Å². The molecule has 0 unspecified atom stereocenters. The van der Waals surface area contributed by atoms with E-state index < -0.39 is 5.60 Å². The van der Waals surface area contributed by atoms with Crippen molar-refractivity contribution in [3.63, 3.8) is 0 Å². The fourth-order valence-electron chi connectivity index (χ4n) is 1.63. The summed E-state index contributed by atoms with van der Waals surface area (Å²) in [6.07, 6.45) is 3.26. The molecule has 88 valence electrons. The number of rotatable bonds is 1. The molecule has 0 aliphatic carbocycles. The van der Waals surface area contributed by atoms with Crippen LogP contribution in [-0.2, 0) is 4.74 Å². The van der Waals surface area contributed by atoms with Crippen molar-refractivity contribution < 1.29 is 9.53 Å². The van der Waals surface area contributed by atoms with E-state index in [1.54, 1.807) is 11.9 Å². The summed E-state index contributed by atoms with van der Waals surface area (Å²) < 4.78 is 5.30. The Hall–Kier alpha value is -0.770. The lowest BCUT2D eigenvalue weighted by atomic mass is 10.1. The molecule has 1 fully saturated rings. The quantitative estimate of drug-likeness (QED) is 0.725. The van der Waals surface area contributed by atoms with Crippen LogP contribution in [0.4, 0.5) is 4.79 Å².